The van der Waals surface area contributed by atoms with Crippen molar-refractivity contribution in [2.45, 2.75) is 9.79 Å². The van der Waals surface area contributed by atoms with Crippen LogP contribution >= 0.6 is 23.4 Å². The molecule has 120 valence electrons. The number of hydrogen-bond acceptors (Lipinski definition) is 2. The summed E-state index contributed by atoms with van der Waals surface area (Å²) in [7, 11) is -1.24. The quantitative estimate of drug-likeness (QED) is 0.494. The summed E-state index contributed by atoms with van der Waals surface area (Å²) in [5.41, 5.74) is 0.974. The second-order valence-corrected chi connectivity index (χ2v) is 8.27. The summed E-state index contributed by atoms with van der Waals surface area (Å²) in [5, 5.41) is 0.689. The maximum atomic E-state index is 13.0. The Hall–Kier alpha value is -1.81. The van der Waals surface area contributed by atoms with E-state index in [0.29, 0.717) is 5.02 Å². The first-order valence-corrected chi connectivity index (χ1v) is 9.74. The van der Waals surface area contributed by atoms with Crippen LogP contribution in [0.15, 0.2) is 99.0 Å². The topological polar surface area (TPSA) is 17.1 Å². The molecule has 0 saturated heterocycles. The van der Waals surface area contributed by atoms with Gasteiger partial charge in [0.25, 0.3) is 0 Å². The predicted octanol–water partition coefficient (Wildman–Crippen LogP) is 6.24. The highest BCUT2D eigenvalue weighted by atomic mass is 35.5. The van der Waals surface area contributed by atoms with Gasteiger partial charge in [-0.15, -0.1) is 0 Å². The number of halogens is 1. The predicted molar refractivity (Wildman–Crippen MR) is 105 cm³/mol. The van der Waals surface area contributed by atoms with Crippen LogP contribution in [0.4, 0.5) is 0 Å². The van der Waals surface area contributed by atoms with E-state index < -0.39 is 10.8 Å². The summed E-state index contributed by atoms with van der Waals surface area (Å²) in [4.78, 5) is 1.85. The van der Waals surface area contributed by atoms with Gasteiger partial charge in [0.2, 0.25) is 0 Å². The van der Waals surface area contributed by atoms with Gasteiger partial charge in [0, 0.05) is 14.8 Å². The SMILES string of the molecule is O=S(C(=Cc1ccc(Cl)cc1)Sc1ccccc1)c1ccccc1. The van der Waals surface area contributed by atoms with Crippen LogP contribution in [-0.2, 0) is 10.8 Å². The van der Waals surface area contributed by atoms with Crippen molar-refractivity contribution in [1.29, 1.82) is 0 Å². The summed E-state index contributed by atoms with van der Waals surface area (Å²) in [6, 6.07) is 27.0. The van der Waals surface area contributed by atoms with E-state index >= 15 is 0 Å². The molecule has 4 heteroatoms. The fraction of sp³-hybridized carbons (Fsp3) is 0. The first-order chi connectivity index (χ1) is 11.7. The van der Waals surface area contributed by atoms with Crippen LogP contribution in [0.3, 0.4) is 0 Å². The molecular weight excluding hydrogens is 356 g/mol. The van der Waals surface area contributed by atoms with E-state index in [0.717, 1.165) is 19.6 Å². The summed E-state index contributed by atoms with van der Waals surface area (Å²) < 4.78 is 13.8. The van der Waals surface area contributed by atoms with Crippen molar-refractivity contribution in [1.82, 2.24) is 0 Å². The number of rotatable bonds is 5. The van der Waals surface area contributed by atoms with Crippen molar-refractivity contribution in [3.63, 3.8) is 0 Å². The summed E-state index contributed by atoms with van der Waals surface area (Å²) >= 11 is 7.47. The van der Waals surface area contributed by atoms with Crippen LogP contribution in [0.2, 0.25) is 5.02 Å². The van der Waals surface area contributed by atoms with Gasteiger partial charge in [-0.2, -0.15) is 0 Å². The van der Waals surface area contributed by atoms with Crippen molar-refractivity contribution in [3.8, 4) is 0 Å². The molecule has 0 radical (unpaired) electrons. The molecule has 0 spiro atoms. The maximum absolute atomic E-state index is 13.0. The van der Waals surface area contributed by atoms with E-state index in [-0.39, 0.29) is 0 Å². The Balaban J connectivity index is 1.97. The molecule has 3 aromatic rings. The van der Waals surface area contributed by atoms with E-state index in [1.165, 1.54) is 11.8 Å². The molecule has 0 aliphatic rings. The molecular formula is C20H15ClOS2. The van der Waals surface area contributed by atoms with Crippen molar-refractivity contribution >= 4 is 40.2 Å². The zero-order chi connectivity index (χ0) is 16.8. The number of thioether (sulfide) groups is 1. The smallest absolute Gasteiger partial charge is 0.0918 e. The minimum atomic E-state index is -1.24. The first kappa shape index (κ1) is 17.0. The molecule has 0 aliphatic heterocycles. The van der Waals surface area contributed by atoms with Crippen LogP contribution in [-0.4, -0.2) is 4.21 Å². The summed E-state index contributed by atoms with van der Waals surface area (Å²) in [6.07, 6.45) is 1.96. The molecule has 1 atom stereocenters. The van der Waals surface area contributed by atoms with Gasteiger partial charge >= 0.3 is 0 Å². The molecule has 0 saturated carbocycles. The number of hydrogen-bond donors (Lipinski definition) is 0. The lowest BCUT2D eigenvalue weighted by molar-refractivity contribution is 0.688. The minimum Gasteiger partial charge on any atom is -0.249 e. The summed E-state index contributed by atoms with van der Waals surface area (Å²) in [5.74, 6) is 0. The average Bonchev–Trinajstić information content (AvgIpc) is 2.64. The Morgan fingerprint density at radius 3 is 2.04 bits per heavy atom. The average molecular weight is 371 g/mol. The first-order valence-electron chi connectivity index (χ1n) is 7.39. The zero-order valence-corrected chi connectivity index (χ0v) is 15.2. The van der Waals surface area contributed by atoms with E-state index in [1.807, 2.05) is 91.0 Å². The molecule has 3 rings (SSSR count). The van der Waals surface area contributed by atoms with Crippen LogP contribution < -0.4 is 0 Å². The van der Waals surface area contributed by atoms with Gasteiger partial charge in [-0.05, 0) is 48.0 Å². The third kappa shape index (κ3) is 4.60. The highest BCUT2D eigenvalue weighted by Gasteiger charge is 2.12. The van der Waals surface area contributed by atoms with Gasteiger partial charge in [-0.25, -0.2) is 4.21 Å². The third-order valence-electron chi connectivity index (χ3n) is 3.26. The van der Waals surface area contributed by atoms with E-state index in [1.54, 1.807) is 0 Å². The number of benzene rings is 3. The van der Waals surface area contributed by atoms with Crippen LogP contribution in [0.25, 0.3) is 6.08 Å². The molecule has 3 aromatic carbocycles. The molecule has 24 heavy (non-hydrogen) atoms. The lowest BCUT2D eigenvalue weighted by Gasteiger charge is -2.08. The Kier molecular flexibility index (Phi) is 5.91. The summed E-state index contributed by atoms with van der Waals surface area (Å²) in [6.45, 7) is 0. The van der Waals surface area contributed by atoms with Crippen LogP contribution in [0.1, 0.15) is 5.56 Å². The molecule has 0 aromatic heterocycles. The fourth-order valence-electron chi connectivity index (χ4n) is 2.08. The molecule has 0 aliphatic carbocycles. The standard InChI is InChI=1S/C20H15ClOS2/c21-17-13-11-16(12-14-17)15-20(23-18-7-3-1-4-8-18)24(22)19-9-5-2-6-10-19/h1-15H. The molecule has 1 nitrogen and oxygen atoms in total. The lowest BCUT2D eigenvalue weighted by atomic mass is 10.2. The molecule has 0 heterocycles. The normalized spacial score (nSPS) is 12.8. The van der Waals surface area contributed by atoms with E-state index in [2.05, 4.69) is 0 Å². The van der Waals surface area contributed by atoms with Gasteiger partial charge < -0.3 is 0 Å². The molecule has 0 N–H and O–H groups in total. The van der Waals surface area contributed by atoms with Crippen molar-refractivity contribution < 1.29 is 4.21 Å². The van der Waals surface area contributed by atoms with Gasteiger partial charge in [-0.1, -0.05) is 71.9 Å². The monoisotopic (exact) mass is 370 g/mol. The van der Waals surface area contributed by atoms with Gasteiger partial charge in [0.1, 0.15) is 0 Å². The Morgan fingerprint density at radius 2 is 1.42 bits per heavy atom. The van der Waals surface area contributed by atoms with Gasteiger partial charge in [0.15, 0.2) is 0 Å². The Labute approximate surface area is 153 Å². The lowest BCUT2D eigenvalue weighted by Crippen LogP contribution is -1.93. The second-order valence-electron chi connectivity index (χ2n) is 5.01. The maximum Gasteiger partial charge on any atom is 0.0918 e. The van der Waals surface area contributed by atoms with Crippen LogP contribution in [0.5, 0.6) is 0 Å². The van der Waals surface area contributed by atoms with Gasteiger partial charge in [-0.3, -0.25) is 0 Å². The van der Waals surface area contributed by atoms with Crippen molar-refractivity contribution in [2.75, 3.05) is 0 Å². The highest BCUT2D eigenvalue weighted by Crippen LogP contribution is 2.33. The third-order valence-corrected chi connectivity index (χ3v) is 6.22. The van der Waals surface area contributed by atoms with E-state index in [4.69, 9.17) is 11.6 Å². The Morgan fingerprint density at radius 1 is 0.833 bits per heavy atom. The minimum absolute atomic E-state index is 0.689. The van der Waals surface area contributed by atoms with Crippen molar-refractivity contribution in [2.24, 2.45) is 0 Å². The van der Waals surface area contributed by atoms with Crippen molar-refractivity contribution in [3.05, 3.63) is 99.8 Å². The molecule has 0 fully saturated rings. The fourth-order valence-corrected chi connectivity index (χ4v) is 4.69. The Bertz CT molecular complexity index is 844. The second kappa shape index (κ2) is 8.34. The molecule has 0 bridgehead atoms. The van der Waals surface area contributed by atoms with Crippen LogP contribution in [0, 0.1) is 0 Å². The zero-order valence-electron chi connectivity index (χ0n) is 12.8. The molecule has 0 amide bonds. The highest BCUT2D eigenvalue weighted by molar-refractivity contribution is 8.16. The largest absolute Gasteiger partial charge is 0.249 e. The van der Waals surface area contributed by atoms with Gasteiger partial charge in [0.05, 0.1) is 15.0 Å². The molecule has 1 unspecified atom stereocenters. The van der Waals surface area contributed by atoms with E-state index in [9.17, 15) is 4.21 Å².